The fourth-order valence-electron chi connectivity index (χ4n) is 2.47. The summed E-state index contributed by atoms with van der Waals surface area (Å²) in [5, 5.41) is 13.5. The molecule has 3 aromatic heterocycles. The molecule has 0 aliphatic carbocycles. The second kappa shape index (κ2) is 7.62. The number of rotatable bonds is 5. The van der Waals surface area contributed by atoms with Crippen molar-refractivity contribution in [2.45, 2.75) is 0 Å². The van der Waals surface area contributed by atoms with Gasteiger partial charge < -0.3 is 19.9 Å². The Kier molecular flexibility index (Phi) is 4.70. The van der Waals surface area contributed by atoms with E-state index in [4.69, 9.17) is 9.26 Å². The van der Waals surface area contributed by atoms with Crippen LogP contribution >= 0.6 is 0 Å². The Hall–Kier alpha value is -4.14. The zero-order valence-corrected chi connectivity index (χ0v) is 14.9. The van der Waals surface area contributed by atoms with E-state index in [1.54, 1.807) is 78.9 Å². The molecule has 1 aromatic carbocycles. The van der Waals surface area contributed by atoms with Gasteiger partial charge in [0.05, 0.1) is 6.20 Å². The molecule has 3 heterocycles. The van der Waals surface area contributed by atoms with Gasteiger partial charge in [-0.3, -0.25) is 4.98 Å². The first kappa shape index (κ1) is 17.3. The second-order valence-electron chi connectivity index (χ2n) is 5.81. The largest absolute Gasteiger partial charge is 0.439 e. The maximum atomic E-state index is 12.0. The van der Waals surface area contributed by atoms with Crippen LogP contribution in [0.15, 0.2) is 71.6 Å². The summed E-state index contributed by atoms with van der Waals surface area (Å²) in [5.41, 5.74) is 1.92. The summed E-state index contributed by atoms with van der Waals surface area (Å²) in [6.45, 7) is 0. The Balaban J connectivity index is 1.39. The lowest BCUT2D eigenvalue weighted by Gasteiger charge is -2.09. The van der Waals surface area contributed by atoms with Gasteiger partial charge in [0.25, 0.3) is 0 Å². The lowest BCUT2D eigenvalue weighted by Crippen LogP contribution is -2.19. The third-order valence-corrected chi connectivity index (χ3v) is 3.80. The number of nitrogens with zero attached hydrogens (tertiary/aromatic N) is 4. The number of anilines is 2. The molecule has 0 spiro atoms. The van der Waals surface area contributed by atoms with Gasteiger partial charge in [0.2, 0.25) is 5.88 Å². The van der Waals surface area contributed by atoms with Gasteiger partial charge in [-0.05, 0) is 36.4 Å². The van der Waals surface area contributed by atoms with E-state index >= 15 is 0 Å². The van der Waals surface area contributed by atoms with Crippen molar-refractivity contribution >= 4 is 17.4 Å². The monoisotopic (exact) mass is 376 g/mol. The number of hydrogen-bond donors (Lipinski definition) is 2. The Morgan fingerprint density at radius 2 is 1.71 bits per heavy atom. The van der Waals surface area contributed by atoms with Gasteiger partial charge in [0, 0.05) is 42.9 Å². The molecule has 2 N–H and O–H groups in total. The van der Waals surface area contributed by atoms with Crippen LogP contribution < -0.4 is 15.4 Å². The van der Waals surface area contributed by atoms with E-state index in [0.29, 0.717) is 34.5 Å². The molecular formula is C19H16N6O3. The summed E-state index contributed by atoms with van der Waals surface area (Å²) in [6.07, 6.45) is 4.77. The molecule has 140 valence electrons. The number of urea groups is 1. The van der Waals surface area contributed by atoms with Crippen molar-refractivity contribution in [2.24, 2.45) is 7.05 Å². The molecule has 0 aliphatic rings. The van der Waals surface area contributed by atoms with Crippen molar-refractivity contribution < 1.29 is 14.1 Å². The molecule has 0 bridgehead atoms. The highest BCUT2D eigenvalue weighted by Gasteiger charge is 2.12. The standard InChI is InChI=1S/C19H16N6O3/c1-25-18(12-16(24-25)17-8-11-21-28-17)27-15-4-2-13(3-5-15)22-19(26)23-14-6-9-20-10-7-14/h2-12H,1H3,(H2,20,22,23,26). The summed E-state index contributed by atoms with van der Waals surface area (Å²) in [5.74, 6) is 1.71. The second-order valence-corrected chi connectivity index (χ2v) is 5.81. The van der Waals surface area contributed by atoms with Gasteiger partial charge in [-0.1, -0.05) is 5.16 Å². The van der Waals surface area contributed by atoms with E-state index < -0.39 is 0 Å². The van der Waals surface area contributed by atoms with Crippen LogP contribution in [0.1, 0.15) is 0 Å². The average molecular weight is 376 g/mol. The highest BCUT2D eigenvalue weighted by molar-refractivity contribution is 5.99. The number of aryl methyl sites for hydroxylation is 1. The molecule has 0 saturated carbocycles. The summed E-state index contributed by atoms with van der Waals surface area (Å²) in [7, 11) is 1.77. The number of benzene rings is 1. The number of carbonyl (C=O) groups excluding carboxylic acids is 1. The molecule has 4 rings (SSSR count). The number of aromatic nitrogens is 4. The zero-order chi connectivity index (χ0) is 19.3. The summed E-state index contributed by atoms with van der Waals surface area (Å²) < 4.78 is 12.6. The third-order valence-electron chi connectivity index (χ3n) is 3.80. The van der Waals surface area contributed by atoms with E-state index in [2.05, 4.69) is 25.9 Å². The summed E-state index contributed by atoms with van der Waals surface area (Å²) in [4.78, 5) is 15.9. The first-order chi connectivity index (χ1) is 13.7. The molecule has 4 aromatic rings. The quantitative estimate of drug-likeness (QED) is 0.547. The number of ether oxygens (including phenoxy) is 1. The van der Waals surface area contributed by atoms with Gasteiger partial charge in [0.1, 0.15) is 11.4 Å². The van der Waals surface area contributed by atoms with Crippen molar-refractivity contribution in [3.8, 4) is 23.1 Å². The number of pyridine rings is 1. The van der Waals surface area contributed by atoms with Gasteiger partial charge in [-0.25, -0.2) is 9.48 Å². The van der Waals surface area contributed by atoms with E-state index in [1.165, 1.54) is 0 Å². The average Bonchev–Trinajstić information content (AvgIpc) is 3.34. The Morgan fingerprint density at radius 1 is 1.00 bits per heavy atom. The van der Waals surface area contributed by atoms with E-state index in [-0.39, 0.29) is 6.03 Å². The van der Waals surface area contributed by atoms with E-state index in [0.717, 1.165) is 0 Å². The van der Waals surface area contributed by atoms with Crippen molar-refractivity contribution in [1.82, 2.24) is 19.9 Å². The maximum Gasteiger partial charge on any atom is 0.323 e. The predicted octanol–water partition coefficient (Wildman–Crippen LogP) is 3.91. The molecular weight excluding hydrogens is 360 g/mol. The SMILES string of the molecule is Cn1nc(-c2ccno2)cc1Oc1ccc(NC(=O)Nc2ccncc2)cc1. The van der Waals surface area contributed by atoms with E-state index in [1.807, 2.05) is 0 Å². The smallest absolute Gasteiger partial charge is 0.323 e. The Bertz CT molecular complexity index is 1060. The first-order valence-electron chi connectivity index (χ1n) is 8.38. The molecule has 0 aliphatic heterocycles. The van der Waals surface area contributed by atoms with Crippen molar-refractivity contribution in [2.75, 3.05) is 10.6 Å². The molecule has 28 heavy (non-hydrogen) atoms. The molecule has 2 amide bonds. The normalized spacial score (nSPS) is 10.5. The maximum absolute atomic E-state index is 12.0. The molecule has 0 atom stereocenters. The van der Waals surface area contributed by atoms with E-state index in [9.17, 15) is 4.79 Å². The van der Waals surface area contributed by atoms with Crippen LogP contribution in [0, 0.1) is 0 Å². The predicted molar refractivity (Wildman–Crippen MR) is 102 cm³/mol. The molecule has 0 saturated heterocycles. The summed E-state index contributed by atoms with van der Waals surface area (Å²) in [6, 6.07) is 13.5. The molecule has 9 nitrogen and oxygen atoms in total. The number of carbonyl (C=O) groups is 1. The van der Waals surface area contributed by atoms with Crippen LogP contribution in [0.3, 0.4) is 0 Å². The highest BCUT2D eigenvalue weighted by Crippen LogP contribution is 2.27. The molecule has 0 radical (unpaired) electrons. The highest BCUT2D eigenvalue weighted by atomic mass is 16.5. The van der Waals surface area contributed by atoms with Crippen molar-refractivity contribution in [3.05, 3.63) is 67.1 Å². The number of hydrogen-bond acceptors (Lipinski definition) is 6. The summed E-state index contributed by atoms with van der Waals surface area (Å²) >= 11 is 0. The van der Waals surface area contributed by atoms with Crippen molar-refractivity contribution in [1.29, 1.82) is 0 Å². The fourth-order valence-corrected chi connectivity index (χ4v) is 2.47. The lowest BCUT2D eigenvalue weighted by molar-refractivity contribution is 0.262. The minimum Gasteiger partial charge on any atom is -0.439 e. The topological polar surface area (TPSA) is 107 Å². The Morgan fingerprint density at radius 3 is 2.39 bits per heavy atom. The van der Waals surface area contributed by atoms with Crippen molar-refractivity contribution in [3.63, 3.8) is 0 Å². The number of nitrogens with one attached hydrogen (secondary N) is 2. The lowest BCUT2D eigenvalue weighted by atomic mass is 10.3. The number of amides is 2. The molecule has 0 fully saturated rings. The third kappa shape index (κ3) is 3.98. The van der Waals surface area contributed by atoms with Gasteiger partial charge in [0.15, 0.2) is 5.76 Å². The zero-order valence-electron chi connectivity index (χ0n) is 14.9. The van der Waals surface area contributed by atoms with Crippen LogP contribution in [0.5, 0.6) is 11.6 Å². The first-order valence-corrected chi connectivity index (χ1v) is 8.38. The van der Waals surface area contributed by atoms with Gasteiger partial charge in [-0.15, -0.1) is 0 Å². The van der Waals surface area contributed by atoms with Gasteiger partial charge in [-0.2, -0.15) is 5.10 Å². The van der Waals surface area contributed by atoms with Crippen LogP contribution in [0.25, 0.3) is 11.5 Å². The molecule has 0 unspecified atom stereocenters. The van der Waals surface area contributed by atoms with Crippen LogP contribution in [0.4, 0.5) is 16.2 Å². The minimum absolute atomic E-state index is 0.344. The van der Waals surface area contributed by atoms with Gasteiger partial charge >= 0.3 is 6.03 Å². The fraction of sp³-hybridized carbons (Fsp3) is 0.0526. The van der Waals surface area contributed by atoms with Crippen LogP contribution in [-0.2, 0) is 7.05 Å². The molecule has 9 heteroatoms. The minimum atomic E-state index is -0.344. The van der Waals surface area contributed by atoms with Crippen LogP contribution in [0.2, 0.25) is 0 Å². The van der Waals surface area contributed by atoms with Crippen LogP contribution in [-0.4, -0.2) is 26.0 Å². The Labute approximate surface area is 159 Å².